The Hall–Kier alpha value is -2.50. The number of amides is 1. The average molecular weight is 315 g/mol. The van der Waals surface area contributed by atoms with Gasteiger partial charge in [-0.3, -0.25) is 4.79 Å². The number of anilines is 1. The second kappa shape index (κ2) is 6.73. The van der Waals surface area contributed by atoms with Crippen molar-refractivity contribution < 1.29 is 14.1 Å². The number of hydrogen-bond donors (Lipinski definition) is 0. The van der Waals surface area contributed by atoms with E-state index in [1.807, 2.05) is 49.1 Å². The Bertz CT molecular complexity index is 658. The minimum absolute atomic E-state index is 0.0153. The summed E-state index contributed by atoms with van der Waals surface area (Å²) in [6, 6.07) is 9.62. The highest BCUT2D eigenvalue weighted by atomic mass is 16.5. The van der Waals surface area contributed by atoms with E-state index in [4.69, 9.17) is 9.26 Å². The second-order valence-electron chi connectivity index (χ2n) is 5.77. The summed E-state index contributed by atoms with van der Waals surface area (Å²) < 4.78 is 10.7. The van der Waals surface area contributed by atoms with E-state index < -0.39 is 0 Å². The minimum atomic E-state index is 0.0153. The van der Waals surface area contributed by atoms with Crippen LogP contribution < -0.4 is 9.64 Å². The van der Waals surface area contributed by atoms with Gasteiger partial charge < -0.3 is 19.1 Å². The zero-order chi connectivity index (χ0) is 16.2. The normalized spacial score (nSPS) is 14.9. The molecule has 1 aromatic carbocycles. The number of benzene rings is 1. The molecular formula is C17H21N3O3. The highest BCUT2D eigenvalue weighted by Gasteiger charge is 2.23. The van der Waals surface area contributed by atoms with Crippen molar-refractivity contribution in [2.24, 2.45) is 0 Å². The smallest absolute Gasteiger partial charge is 0.260 e. The zero-order valence-corrected chi connectivity index (χ0v) is 13.5. The highest BCUT2D eigenvalue weighted by molar-refractivity contribution is 5.78. The van der Waals surface area contributed by atoms with E-state index in [-0.39, 0.29) is 12.5 Å². The molecule has 3 rings (SSSR count). The van der Waals surface area contributed by atoms with E-state index in [0.29, 0.717) is 13.1 Å². The lowest BCUT2D eigenvalue weighted by molar-refractivity contribution is -0.133. The van der Waals surface area contributed by atoms with E-state index in [9.17, 15) is 4.79 Å². The van der Waals surface area contributed by atoms with Crippen molar-refractivity contribution in [1.82, 2.24) is 10.1 Å². The molecule has 6 nitrogen and oxygen atoms in total. The quantitative estimate of drug-likeness (QED) is 0.864. The summed E-state index contributed by atoms with van der Waals surface area (Å²) in [4.78, 5) is 16.2. The van der Waals surface area contributed by atoms with Crippen LogP contribution in [-0.4, -0.2) is 48.7 Å². The Morgan fingerprint density at radius 1 is 1.17 bits per heavy atom. The first-order valence-corrected chi connectivity index (χ1v) is 7.77. The first kappa shape index (κ1) is 15.4. The van der Waals surface area contributed by atoms with E-state index in [1.54, 1.807) is 0 Å². The van der Waals surface area contributed by atoms with Gasteiger partial charge in [-0.25, -0.2) is 0 Å². The molecule has 0 aliphatic carbocycles. The topological polar surface area (TPSA) is 58.8 Å². The van der Waals surface area contributed by atoms with Crippen LogP contribution in [0.2, 0.25) is 0 Å². The van der Waals surface area contributed by atoms with E-state index >= 15 is 0 Å². The van der Waals surface area contributed by atoms with Gasteiger partial charge in [0.1, 0.15) is 11.5 Å². The monoisotopic (exact) mass is 315 g/mol. The van der Waals surface area contributed by atoms with Crippen molar-refractivity contribution in [3.05, 3.63) is 41.7 Å². The summed E-state index contributed by atoms with van der Waals surface area (Å²) >= 11 is 0. The number of aryl methyl sites for hydroxylation is 2. The summed E-state index contributed by atoms with van der Waals surface area (Å²) in [6.07, 6.45) is 0. The number of rotatable bonds is 4. The molecule has 1 aliphatic heterocycles. The van der Waals surface area contributed by atoms with E-state index in [2.05, 4.69) is 10.1 Å². The lowest BCUT2D eigenvalue weighted by atomic mass is 10.2. The summed E-state index contributed by atoms with van der Waals surface area (Å²) in [5, 5.41) is 4.02. The Morgan fingerprint density at radius 3 is 2.48 bits per heavy atom. The molecule has 122 valence electrons. The largest absolute Gasteiger partial charge is 0.484 e. The fraction of sp³-hybridized carbons (Fsp3) is 0.412. The Balaban J connectivity index is 1.47. The standard InChI is InChI=1S/C17H21N3O3/c1-13-3-5-15(6-4-13)22-12-17(21)20-9-7-19(8-10-20)16-11-14(2)23-18-16/h3-6,11H,7-10,12H2,1-2H3. The molecule has 1 amide bonds. The molecule has 1 fully saturated rings. The molecule has 0 radical (unpaired) electrons. The molecule has 1 saturated heterocycles. The molecule has 0 bridgehead atoms. The maximum atomic E-state index is 12.2. The van der Waals surface area contributed by atoms with Crippen LogP contribution in [0, 0.1) is 13.8 Å². The van der Waals surface area contributed by atoms with Gasteiger partial charge in [0.2, 0.25) is 0 Å². The van der Waals surface area contributed by atoms with Gasteiger partial charge in [0.15, 0.2) is 12.4 Å². The van der Waals surface area contributed by atoms with Crippen molar-refractivity contribution >= 4 is 11.7 Å². The highest BCUT2D eigenvalue weighted by Crippen LogP contribution is 2.16. The van der Waals surface area contributed by atoms with Crippen LogP contribution in [0.15, 0.2) is 34.9 Å². The lowest BCUT2D eigenvalue weighted by Gasteiger charge is -2.34. The van der Waals surface area contributed by atoms with Crippen LogP contribution in [0.4, 0.5) is 5.82 Å². The van der Waals surface area contributed by atoms with Gasteiger partial charge in [0.05, 0.1) is 0 Å². The van der Waals surface area contributed by atoms with Gasteiger partial charge >= 0.3 is 0 Å². The van der Waals surface area contributed by atoms with Gasteiger partial charge in [-0.1, -0.05) is 22.9 Å². The van der Waals surface area contributed by atoms with Gasteiger partial charge in [-0.05, 0) is 26.0 Å². The summed E-state index contributed by atoms with van der Waals surface area (Å²) in [5.74, 6) is 2.37. The SMILES string of the molecule is Cc1ccc(OCC(=O)N2CCN(c3cc(C)on3)CC2)cc1. The van der Waals surface area contributed by atoms with Crippen molar-refractivity contribution in [2.75, 3.05) is 37.7 Å². The fourth-order valence-electron chi connectivity index (χ4n) is 2.56. The molecule has 2 aromatic rings. The van der Waals surface area contributed by atoms with Crippen LogP contribution >= 0.6 is 0 Å². The molecule has 0 N–H and O–H groups in total. The third kappa shape index (κ3) is 3.83. The second-order valence-corrected chi connectivity index (χ2v) is 5.77. The molecule has 0 atom stereocenters. The molecule has 6 heteroatoms. The van der Waals surface area contributed by atoms with Crippen molar-refractivity contribution in [3.8, 4) is 5.75 Å². The van der Waals surface area contributed by atoms with Crippen molar-refractivity contribution in [3.63, 3.8) is 0 Å². The maximum Gasteiger partial charge on any atom is 0.260 e. The van der Waals surface area contributed by atoms with Gasteiger partial charge in [0, 0.05) is 32.2 Å². The molecule has 1 aromatic heterocycles. The number of carbonyl (C=O) groups is 1. The lowest BCUT2D eigenvalue weighted by Crippen LogP contribution is -2.50. The first-order chi connectivity index (χ1) is 11.1. The Morgan fingerprint density at radius 2 is 1.87 bits per heavy atom. The number of hydrogen-bond acceptors (Lipinski definition) is 5. The number of carbonyl (C=O) groups excluding carboxylic acids is 1. The third-order valence-electron chi connectivity index (χ3n) is 3.96. The fourth-order valence-corrected chi connectivity index (χ4v) is 2.56. The maximum absolute atomic E-state index is 12.2. The number of piperazine rings is 1. The molecule has 0 saturated carbocycles. The van der Waals surface area contributed by atoms with E-state index in [1.165, 1.54) is 5.56 Å². The molecule has 0 spiro atoms. The molecular weight excluding hydrogens is 294 g/mol. The van der Waals surface area contributed by atoms with E-state index in [0.717, 1.165) is 30.4 Å². The third-order valence-corrected chi connectivity index (χ3v) is 3.96. The van der Waals surface area contributed by atoms with Gasteiger partial charge in [0.25, 0.3) is 5.91 Å². The summed E-state index contributed by atoms with van der Waals surface area (Å²) in [5.41, 5.74) is 1.17. The number of aromatic nitrogens is 1. The minimum Gasteiger partial charge on any atom is -0.484 e. The van der Waals surface area contributed by atoms with Crippen LogP contribution in [0.3, 0.4) is 0 Å². The first-order valence-electron chi connectivity index (χ1n) is 7.77. The zero-order valence-electron chi connectivity index (χ0n) is 13.5. The predicted octanol–water partition coefficient (Wildman–Crippen LogP) is 2.02. The van der Waals surface area contributed by atoms with Crippen LogP contribution in [0.5, 0.6) is 5.75 Å². The summed E-state index contributed by atoms with van der Waals surface area (Å²) in [7, 11) is 0. The molecule has 1 aliphatic rings. The molecule has 23 heavy (non-hydrogen) atoms. The van der Waals surface area contributed by atoms with Crippen LogP contribution in [0.1, 0.15) is 11.3 Å². The number of nitrogens with zero attached hydrogens (tertiary/aromatic N) is 3. The summed E-state index contributed by atoms with van der Waals surface area (Å²) in [6.45, 7) is 6.81. The van der Waals surface area contributed by atoms with Crippen molar-refractivity contribution in [2.45, 2.75) is 13.8 Å². The molecule has 2 heterocycles. The number of ether oxygens (including phenoxy) is 1. The van der Waals surface area contributed by atoms with Crippen molar-refractivity contribution in [1.29, 1.82) is 0 Å². The van der Waals surface area contributed by atoms with Crippen LogP contribution in [0.25, 0.3) is 0 Å². The molecule has 0 unspecified atom stereocenters. The predicted molar refractivity (Wildman–Crippen MR) is 86.7 cm³/mol. The van der Waals surface area contributed by atoms with Gasteiger partial charge in [-0.2, -0.15) is 0 Å². The van der Waals surface area contributed by atoms with Crippen LogP contribution in [-0.2, 0) is 4.79 Å². The Kier molecular flexibility index (Phi) is 4.50. The van der Waals surface area contributed by atoms with Gasteiger partial charge in [-0.15, -0.1) is 0 Å². The average Bonchev–Trinajstić information content (AvgIpc) is 3.01. The Labute approximate surface area is 135 Å².